The number of nitrogens with one attached hydrogen (secondary N) is 1. The van der Waals surface area contributed by atoms with E-state index < -0.39 is 0 Å². The van der Waals surface area contributed by atoms with Crippen molar-refractivity contribution in [1.29, 1.82) is 0 Å². The molecule has 2 N–H and O–H groups in total. The Labute approximate surface area is 130 Å². The Morgan fingerprint density at radius 3 is 2.67 bits per heavy atom. The minimum absolute atomic E-state index is 0.0323. The lowest BCUT2D eigenvalue weighted by molar-refractivity contribution is 0.153. The summed E-state index contributed by atoms with van der Waals surface area (Å²) in [6.07, 6.45) is 4.15. The van der Waals surface area contributed by atoms with E-state index in [1.807, 2.05) is 24.3 Å². The van der Waals surface area contributed by atoms with Crippen LogP contribution in [0.25, 0.3) is 0 Å². The van der Waals surface area contributed by atoms with Crippen LogP contribution in [-0.2, 0) is 0 Å². The van der Waals surface area contributed by atoms with E-state index in [0.29, 0.717) is 10.9 Å². The van der Waals surface area contributed by atoms with E-state index in [1.165, 1.54) is 0 Å². The monoisotopic (exact) mass is 308 g/mol. The van der Waals surface area contributed by atoms with Crippen molar-refractivity contribution in [2.45, 2.75) is 37.8 Å². The molecule has 114 valence electrons. The van der Waals surface area contributed by atoms with Gasteiger partial charge in [0.1, 0.15) is 0 Å². The number of halogens is 1. The number of carbonyl (C=O) groups is 1. The molecule has 0 radical (unpaired) electrons. The molecule has 3 rings (SSSR count). The summed E-state index contributed by atoms with van der Waals surface area (Å²) in [5.74, 6) is 0.519. The summed E-state index contributed by atoms with van der Waals surface area (Å²) in [6, 6.07) is 7.66. The summed E-state index contributed by atoms with van der Waals surface area (Å²) in [6.45, 7) is 0.775. The van der Waals surface area contributed by atoms with Crippen LogP contribution in [0, 0.1) is 5.92 Å². The predicted octanol–water partition coefficient (Wildman–Crippen LogP) is 2.96. The second-order valence-corrected chi connectivity index (χ2v) is 6.42. The normalized spacial score (nSPS) is 23.1. The first-order valence-electron chi connectivity index (χ1n) is 7.62. The fourth-order valence-corrected chi connectivity index (χ4v) is 3.21. The van der Waals surface area contributed by atoms with Crippen molar-refractivity contribution >= 4 is 17.6 Å². The van der Waals surface area contributed by atoms with Gasteiger partial charge in [-0.15, -0.1) is 0 Å². The number of rotatable bonds is 4. The summed E-state index contributed by atoms with van der Waals surface area (Å²) >= 11 is 5.94. The Bertz CT molecular complexity index is 502. The van der Waals surface area contributed by atoms with Gasteiger partial charge in [0, 0.05) is 11.6 Å². The maximum absolute atomic E-state index is 12.5. The van der Waals surface area contributed by atoms with Gasteiger partial charge in [0.15, 0.2) is 0 Å². The minimum atomic E-state index is -0.0570. The molecule has 2 fully saturated rings. The first kappa shape index (κ1) is 14.7. The summed E-state index contributed by atoms with van der Waals surface area (Å²) < 4.78 is 0. The highest BCUT2D eigenvalue weighted by Gasteiger charge is 2.36. The molecule has 1 saturated heterocycles. The Morgan fingerprint density at radius 2 is 2.05 bits per heavy atom. The van der Waals surface area contributed by atoms with Crippen molar-refractivity contribution in [3.05, 3.63) is 34.9 Å². The number of aliphatic hydroxyl groups excluding tert-OH is 1. The molecule has 2 unspecified atom stereocenters. The van der Waals surface area contributed by atoms with Gasteiger partial charge in [-0.1, -0.05) is 23.7 Å². The number of aliphatic hydroxyl groups is 1. The Kier molecular flexibility index (Phi) is 4.36. The van der Waals surface area contributed by atoms with Crippen molar-refractivity contribution in [3.8, 4) is 0 Å². The first-order valence-corrected chi connectivity index (χ1v) is 8.00. The third-order valence-corrected chi connectivity index (χ3v) is 4.70. The molecule has 0 aromatic heterocycles. The molecule has 1 aromatic rings. The van der Waals surface area contributed by atoms with Crippen LogP contribution in [0.4, 0.5) is 4.79 Å². The van der Waals surface area contributed by atoms with Gasteiger partial charge in [-0.2, -0.15) is 0 Å². The van der Waals surface area contributed by atoms with Crippen LogP contribution in [0.5, 0.6) is 0 Å². The van der Waals surface area contributed by atoms with E-state index in [9.17, 15) is 9.90 Å². The number of likely N-dealkylation sites (tertiary alicyclic amines) is 1. The molecule has 1 aliphatic heterocycles. The van der Waals surface area contributed by atoms with Gasteiger partial charge in [0.05, 0.1) is 18.7 Å². The zero-order valence-electron chi connectivity index (χ0n) is 12.0. The third kappa shape index (κ3) is 3.33. The van der Waals surface area contributed by atoms with Crippen LogP contribution in [-0.4, -0.2) is 35.2 Å². The quantitative estimate of drug-likeness (QED) is 0.898. The highest BCUT2D eigenvalue weighted by molar-refractivity contribution is 6.30. The van der Waals surface area contributed by atoms with Crippen molar-refractivity contribution in [3.63, 3.8) is 0 Å². The molecule has 1 saturated carbocycles. The van der Waals surface area contributed by atoms with Crippen LogP contribution in [0.2, 0.25) is 5.02 Å². The van der Waals surface area contributed by atoms with Gasteiger partial charge in [-0.25, -0.2) is 4.79 Å². The molecule has 2 amide bonds. The second kappa shape index (κ2) is 6.24. The molecule has 0 spiro atoms. The number of amides is 2. The van der Waals surface area contributed by atoms with Gasteiger partial charge in [-0.3, -0.25) is 0 Å². The summed E-state index contributed by atoms with van der Waals surface area (Å²) in [4.78, 5) is 14.2. The predicted molar refractivity (Wildman–Crippen MR) is 82.3 cm³/mol. The van der Waals surface area contributed by atoms with E-state index in [0.717, 1.165) is 37.8 Å². The fourth-order valence-electron chi connectivity index (χ4n) is 3.08. The van der Waals surface area contributed by atoms with E-state index in [1.54, 1.807) is 4.90 Å². The Morgan fingerprint density at radius 1 is 1.33 bits per heavy atom. The fraction of sp³-hybridized carbons (Fsp3) is 0.562. The lowest BCUT2D eigenvalue weighted by Crippen LogP contribution is -2.45. The van der Waals surface area contributed by atoms with Crippen LogP contribution >= 0.6 is 11.6 Å². The highest BCUT2D eigenvalue weighted by Crippen LogP contribution is 2.41. The minimum Gasteiger partial charge on any atom is -0.394 e. The van der Waals surface area contributed by atoms with Crippen LogP contribution in [0.3, 0.4) is 0 Å². The molecule has 1 aliphatic carbocycles. The van der Waals surface area contributed by atoms with Gasteiger partial charge >= 0.3 is 6.03 Å². The number of urea groups is 1. The lowest BCUT2D eigenvalue weighted by Gasteiger charge is -2.27. The zero-order chi connectivity index (χ0) is 14.8. The van der Waals surface area contributed by atoms with Gasteiger partial charge < -0.3 is 15.3 Å². The standard InChI is InChI=1S/C16H21ClN2O2/c17-13-7-5-12(6-8-13)15(11-3-4-11)18-16(21)19-9-1-2-14(19)10-20/h5-8,11,14-15,20H,1-4,9-10H2,(H,18,21). The molecule has 0 bridgehead atoms. The summed E-state index contributed by atoms with van der Waals surface area (Å²) in [7, 11) is 0. The lowest BCUT2D eigenvalue weighted by atomic mass is 10.0. The molecule has 2 aliphatic rings. The van der Waals surface area contributed by atoms with Crippen molar-refractivity contribution in [2.24, 2.45) is 5.92 Å². The number of hydrogen-bond acceptors (Lipinski definition) is 2. The Hall–Kier alpha value is -1.26. The average Bonchev–Trinajstić information content (AvgIpc) is 3.22. The zero-order valence-corrected chi connectivity index (χ0v) is 12.7. The van der Waals surface area contributed by atoms with Crippen LogP contribution in [0.15, 0.2) is 24.3 Å². The van der Waals surface area contributed by atoms with E-state index in [4.69, 9.17) is 11.6 Å². The number of nitrogens with zero attached hydrogens (tertiary/aromatic N) is 1. The largest absolute Gasteiger partial charge is 0.394 e. The van der Waals surface area contributed by atoms with Crippen molar-refractivity contribution in [1.82, 2.24) is 10.2 Å². The van der Waals surface area contributed by atoms with E-state index in [2.05, 4.69) is 5.32 Å². The molecule has 21 heavy (non-hydrogen) atoms. The molecule has 1 heterocycles. The third-order valence-electron chi connectivity index (χ3n) is 4.45. The first-order chi connectivity index (χ1) is 10.2. The molecular weight excluding hydrogens is 288 g/mol. The highest BCUT2D eigenvalue weighted by atomic mass is 35.5. The van der Waals surface area contributed by atoms with Gasteiger partial charge in [0.2, 0.25) is 0 Å². The number of hydrogen-bond donors (Lipinski definition) is 2. The van der Waals surface area contributed by atoms with E-state index in [-0.39, 0.29) is 24.7 Å². The van der Waals surface area contributed by atoms with Crippen LogP contribution in [0.1, 0.15) is 37.3 Å². The van der Waals surface area contributed by atoms with E-state index >= 15 is 0 Å². The SMILES string of the molecule is O=C(NC(c1ccc(Cl)cc1)C1CC1)N1CCCC1CO. The topological polar surface area (TPSA) is 52.6 Å². The second-order valence-electron chi connectivity index (χ2n) is 5.99. The van der Waals surface area contributed by atoms with Crippen LogP contribution < -0.4 is 5.32 Å². The molecule has 1 aromatic carbocycles. The maximum atomic E-state index is 12.5. The average molecular weight is 309 g/mol. The number of carbonyl (C=O) groups excluding carboxylic acids is 1. The maximum Gasteiger partial charge on any atom is 0.318 e. The molecule has 4 nitrogen and oxygen atoms in total. The summed E-state index contributed by atoms with van der Waals surface area (Å²) in [5, 5.41) is 13.2. The molecule has 5 heteroatoms. The molecular formula is C16H21ClN2O2. The van der Waals surface area contributed by atoms with Crippen molar-refractivity contribution in [2.75, 3.05) is 13.2 Å². The van der Waals surface area contributed by atoms with Crippen molar-refractivity contribution < 1.29 is 9.90 Å². The smallest absolute Gasteiger partial charge is 0.318 e. The summed E-state index contributed by atoms with van der Waals surface area (Å²) in [5.41, 5.74) is 1.11. The van der Waals surface area contributed by atoms with Gasteiger partial charge in [-0.05, 0) is 49.3 Å². The Balaban J connectivity index is 1.70. The number of benzene rings is 1. The molecule has 2 atom stereocenters. The van der Waals surface area contributed by atoms with Gasteiger partial charge in [0.25, 0.3) is 0 Å².